The molecule has 3 aliphatic heterocycles. The largest absolute Gasteiger partial charge is 1.00 e. The van der Waals surface area contributed by atoms with E-state index in [0.29, 0.717) is 16.9 Å². The van der Waals surface area contributed by atoms with Crippen molar-refractivity contribution in [2.75, 3.05) is 5.75 Å². The van der Waals surface area contributed by atoms with Gasteiger partial charge in [0.15, 0.2) is 9.84 Å². The van der Waals surface area contributed by atoms with Gasteiger partial charge in [-0.1, -0.05) is 35.5 Å². The number of thioether (sulfide) groups is 1. The van der Waals surface area contributed by atoms with Crippen LogP contribution >= 0.6 is 11.8 Å². The summed E-state index contributed by atoms with van der Waals surface area (Å²) in [6.07, 6.45) is 0.630. The van der Waals surface area contributed by atoms with E-state index in [9.17, 15) is 52.5 Å². The summed E-state index contributed by atoms with van der Waals surface area (Å²) in [6, 6.07) is 7.23. The molecule has 3 fully saturated rings. The van der Waals surface area contributed by atoms with Gasteiger partial charge in [0.2, 0.25) is 5.91 Å². The molecular formula is C28H28K2N6O11S2. The molecule has 1 aromatic heterocycles. The fourth-order valence-corrected chi connectivity index (χ4v) is 10.3. The molecule has 4 N–H and O–H groups in total. The third-order valence-electron chi connectivity index (χ3n) is 8.89. The first kappa shape index (κ1) is 42.1. The van der Waals surface area contributed by atoms with E-state index < -0.39 is 96.9 Å². The van der Waals surface area contributed by atoms with Gasteiger partial charge in [-0.15, -0.1) is 16.9 Å². The Balaban J connectivity index is 0.000000255. The normalized spacial score (nSPS) is 28.1. The summed E-state index contributed by atoms with van der Waals surface area (Å²) in [5.74, 6) is -7.97. The number of nitrogens with two attached hydrogens (primary N) is 1. The quantitative estimate of drug-likeness (QED) is 0.166. The van der Waals surface area contributed by atoms with Crippen LogP contribution in [0.25, 0.3) is 0 Å². The molecule has 4 heterocycles. The molecule has 1 aromatic carbocycles. The summed E-state index contributed by atoms with van der Waals surface area (Å²) in [5.41, 5.74) is 6.75. The maximum Gasteiger partial charge on any atom is 1.00 e. The molecule has 4 aliphatic rings. The maximum absolute atomic E-state index is 12.7. The number of fused-ring (bicyclic) bond motifs is 2. The monoisotopic (exact) mass is 766 g/mol. The molecule has 7 atom stereocenters. The number of hydrogen-bond donors (Lipinski definition) is 3. The summed E-state index contributed by atoms with van der Waals surface area (Å²) in [5, 5.41) is 39.8. The summed E-state index contributed by atoms with van der Waals surface area (Å²) in [6.45, 7) is 2.28. The van der Waals surface area contributed by atoms with Crippen LogP contribution in [0.3, 0.4) is 0 Å². The van der Waals surface area contributed by atoms with E-state index in [1.54, 1.807) is 31.2 Å². The molecule has 3 unspecified atom stereocenters. The van der Waals surface area contributed by atoms with E-state index in [0.717, 1.165) is 17.8 Å². The molecule has 21 heteroatoms. The standard InChI is InChI=1S/C16H17N3O4S.C12H13N3O7S.2K/c1-8-7-24-15-11(14(21)19(15)12(8)16(22)23)18-13(20)10(17)9-5-3-2-4-6-9;1-12(4-15-5(10(17)18)3-13-14-15)9(11(19)20)8-6(16)2-7(8)23(12,21)22;;/h2-6,10-11,15H,7,17H2,1H3,(H,18,20)(H,22,23);3,7-9H,2,4H2,1H3,(H,17,18)(H,19,20);;/q;;2*+1/p-2/t10?,11-,15-;7?,8?,9-,12-;;/m10../s1. The number of β-lactam (4-membered cyclic amide) rings is 1. The van der Waals surface area contributed by atoms with Crippen molar-refractivity contribution in [1.82, 2.24) is 25.2 Å². The number of nitrogens with zero attached hydrogens (tertiary/aromatic N) is 4. The molecule has 6 rings (SSSR count). The molecule has 250 valence electrons. The predicted octanol–water partition coefficient (Wildman–Crippen LogP) is -9.39. The van der Waals surface area contributed by atoms with Gasteiger partial charge in [0.05, 0.1) is 28.7 Å². The number of hydrogen-bond acceptors (Lipinski definition) is 14. The SMILES string of the molecule is CC1=C(C(=O)O)N2C(=O)[C@@H](NC(=O)C(N)c3ccccc3)[C@H]2SC1.C[C@]1(Cn2nncc2C(=O)[O-])[C@H](C(=O)[O-])C2C(=O)CC2S1(=O)=O.[K+].[K+]. The number of aliphatic carboxylic acids is 2. The molecule has 1 saturated carbocycles. The molecule has 0 bridgehead atoms. The van der Waals surface area contributed by atoms with Crippen molar-refractivity contribution in [2.45, 2.75) is 54.3 Å². The Morgan fingerprint density at radius 1 is 1.16 bits per heavy atom. The molecule has 0 spiro atoms. The van der Waals surface area contributed by atoms with Crippen LogP contribution in [0.2, 0.25) is 0 Å². The van der Waals surface area contributed by atoms with Crippen molar-refractivity contribution in [1.29, 1.82) is 0 Å². The first-order valence-electron chi connectivity index (χ1n) is 14.1. The number of aromatic nitrogens is 3. The molecule has 17 nitrogen and oxygen atoms in total. The van der Waals surface area contributed by atoms with Crippen molar-refractivity contribution >= 4 is 57.1 Å². The van der Waals surface area contributed by atoms with Gasteiger partial charge >= 0.3 is 109 Å². The van der Waals surface area contributed by atoms with Gasteiger partial charge in [0.1, 0.15) is 34.6 Å². The summed E-state index contributed by atoms with van der Waals surface area (Å²) in [7, 11) is -4.02. The van der Waals surface area contributed by atoms with Crippen LogP contribution in [0, 0.1) is 11.8 Å². The smallest absolute Gasteiger partial charge is 0.550 e. The van der Waals surface area contributed by atoms with Gasteiger partial charge in [0.25, 0.3) is 5.91 Å². The molecular weight excluding hydrogens is 739 g/mol. The third-order valence-corrected chi connectivity index (χ3v) is 13.2. The number of sulfone groups is 1. The average molecular weight is 767 g/mol. The van der Waals surface area contributed by atoms with Crippen molar-refractivity contribution in [3.05, 3.63) is 59.1 Å². The zero-order valence-electron chi connectivity index (χ0n) is 26.8. The van der Waals surface area contributed by atoms with Crippen LogP contribution in [0.5, 0.6) is 0 Å². The van der Waals surface area contributed by atoms with Crippen molar-refractivity contribution in [3.8, 4) is 0 Å². The number of benzene rings is 1. The first-order valence-corrected chi connectivity index (χ1v) is 16.7. The number of rotatable bonds is 8. The number of amides is 2. The van der Waals surface area contributed by atoms with Crippen molar-refractivity contribution in [3.63, 3.8) is 0 Å². The number of ketones is 1. The van der Waals surface area contributed by atoms with Gasteiger partial charge in [-0.3, -0.25) is 19.3 Å². The summed E-state index contributed by atoms with van der Waals surface area (Å²) < 4.78 is 24.2. The number of Topliss-reactive ketones (excluding diaryl/α,β-unsaturated/α-hetero) is 1. The minimum atomic E-state index is -4.02. The van der Waals surface area contributed by atoms with Crippen LogP contribution in [0.15, 0.2) is 47.8 Å². The molecule has 2 saturated heterocycles. The molecule has 49 heavy (non-hydrogen) atoms. The number of nitrogens with one attached hydrogen (secondary N) is 1. The number of aromatic carboxylic acids is 1. The molecule has 0 radical (unpaired) electrons. The summed E-state index contributed by atoms with van der Waals surface area (Å²) >= 11 is 1.43. The Bertz CT molecular complexity index is 1840. The van der Waals surface area contributed by atoms with Gasteiger partial charge in [-0.2, -0.15) is 0 Å². The minimum absolute atomic E-state index is 0. The average Bonchev–Trinajstić information content (AvgIpc) is 3.53. The van der Waals surface area contributed by atoms with Crippen molar-refractivity contribution in [2.24, 2.45) is 17.6 Å². The van der Waals surface area contributed by atoms with E-state index in [1.165, 1.54) is 16.7 Å². The molecule has 1 aliphatic carbocycles. The second-order valence-corrected chi connectivity index (χ2v) is 15.4. The zero-order chi connectivity index (χ0) is 34.6. The van der Waals surface area contributed by atoms with Crippen molar-refractivity contribution < 1.29 is 155 Å². The van der Waals surface area contributed by atoms with Crippen LogP contribution in [-0.2, 0) is 40.4 Å². The third kappa shape index (κ3) is 7.46. The Morgan fingerprint density at radius 3 is 2.35 bits per heavy atom. The Hall–Kier alpha value is -1.35. The fourth-order valence-electron chi connectivity index (χ4n) is 6.36. The zero-order valence-corrected chi connectivity index (χ0v) is 34.6. The fraction of sp³-hybridized carbons (Fsp3) is 0.429. The number of carboxylic acids is 3. The minimum Gasteiger partial charge on any atom is -0.550 e. The van der Waals surface area contributed by atoms with Gasteiger partial charge in [-0.05, 0) is 25.0 Å². The second kappa shape index (κ2) is 16.1. The second-order valence-electron chi connectivity index (χ2n) is 11.7. The van der Waals surface area contributed by atoms with Crippen LogP contribution in [0.1, 0.15) is 42.4 Å². The van der Waals surface area contributed by atoms with E-state index in [-0.39, 0.29) is 115 Å². The van der Waals surface area contributed by atoms with E-state index >= 15 is 0 Å². The van der Waals surface area contributed by atoms with Crippen LogP contribution in [0.4, 0.5) is 0 Å². The molecule has 2 amide bonds. The number of carbonyl (C=O) groups excluding carboxylic acids is 5. The first-order chi connectivity index (χ1) is 22.0. The number of carboxylic acid groups (broad SMARTS) is 3. The van der Waals surface area contributed by atoms with E-state index in [4.69, 9.17) is 5.73 Å². The number of carbonyl (C=O) groups is 6. The van der Waals surface area contributed by atoms with Crippen LogP contribution < -0.4 is 124 Å². The van der Waals surface area contributed by atoms with E-state index in [1.807, 2.05) is 6.07 Å². The predicted molar refractivity (Wildman–Crippen MR) is 156 cm³/mol. The van der Waals surface area contributed by atoms with Gasteiger partial charge in [-0.25, -0.2) is 17.9 Å². The van der Waals surface area contributed by atoms with Crippen LogP contribution in [-0.4, -0.2) is 96.1 Å². The van der Waals surface area contributed by atoms with Gasteiger partial charge < -0.3 is 36.0 Å². The Labute approximate surface area is 368 Å². The molecule has 2 aromatic rings. The topological polar surface area (TPSA) is 275 Å². The Morgan fingerprint density at radius 2 is 1.80 bits per heavy atom. The van der Waals surface area contributed by atoms with Gasteiger partial charge in [0, 0.05) is 30.0 Å². The Kier molecular flexibility index (Phi) is 13.8. The van der Waals surface area contributed by atoms with E-state index in [2.05, 4.69) is 15.6 Å². The maximum atomic E-state index is 12.7. The summed E-state index contributed by atoms with van der Waals surface area (Å²) in [4.78, 5) is 71.4.